The normalized spacial score (nSPS) is 36.9. The first-order valence-corrected chi connectivity index (χ1v) is 44.7. The molecule has 25 heteroatoms. The summed E-state index contributed by atoms with van der Waals surface area (Å²) in [4.78, 5) is 1.94. The maximum atomic E-state index is 13.5. The van der Waals surface area contributed by atoms with Crippen molar-refractivity contribution in [2.75, 3.05) is 0 Å². The monoisotopic (exact) mass is 1110 g/mol. The molecule has 1 aromatic carbocycles. The standard InChI is InChI=1S/C39H75F3GeO13Si8/c1-30(2)23-57-45-58(24-31(3)4)48-61(27-34(9)10)50-59(46-57,25-32(5)6)52-63(29-36(13)14)53-60(47-57,26-33(7)8)51-62(49-58,28-35(11)12)55-64(54-61,56-63)44-43(15,16)22-21-37-17-19-38(20-18-37)39(40,41)42/h17-22,30-36H,23-29H2,1-16H3/b22-21+. The minimum atomic E-state index is -4.71. The summed E-state index contributed by atoms with van der Waals surface area (Å²) >= 11 is -3.87. The Balaban J connectivity index is 1.69. The van der Waals surface area contributed by atoms with E-state index in [4.69, 9.17) is 52.8 Å². The van der Waals surface area contributed by atoms with Crippen molar-refractivity contribution in [2.45, 2.75) is 157 Å². The number of rotatable bonds is 18. The molecule has 7 rings (SSSR count). The molecular formula is C39H75F3GeO13Si8. The Morgan fingerprint density at radius 1 is 0.438 bits per heavy atom. The third-order valence-corrected chi connectivity index (χ3v) is 56.6. The van der Waals surface area contributed by atoms with Crippen molar-refractivity contribution >= 4 is 90.4 Å². The van der Waals surface area contributed by atoms with E-state index in [2.05, 4.69) is 96.9 Å². The summed E-state index contributed by atoms with van der Waals surface area (Å²) < 4.78 is 141. The van der Waals surface area contributed by atoms with E-state index in [0.717, 1.165) is 12.1 Å². The van der Waals surface area contributed by atoms with Gasteiger partial charge in [-0.25, -0.2) is 0 Å². The van der Waals surface area contributed by atoms with Crippen LogP contribution in [-0.2, 0) is 59.0 Å². The molecule has 0 radical (unpaired) electrons. The van der Waals surface area contributed by atoms with E-state index in [1.54, 1.807) is 6.08 Å². The number of alkyl halides is 3. The average Bonchev–Trinajstić information content (AvgIpc) is 3.00. The van der Waals surface area contributed by atoms with E-state index < -0.39 is 96.0 Å². The van der Waals surface area contributed by atoms with Gasteiger partial charge in [0.25, 0.3) is 0 Å². The summed E-state index contributed by atoms with van der Waals surface area (Å²) in [5, 5.41) is 0. The van der Waals surface area contributed by atoms with Gasteiger partial charge in [0.2, 0.25) is 0 Å². The van der Waals surface area contributed by atoms with Crippen LogP contribution in [0.1, 0.15) is 108 Å². The van der Waals surface area contributed by atoms with Crippen molar-refractivity contribution in [3.63, 3.8) is 0 Å². The van der Waals surface area contributed by atoms with Crippen molar-refractivity contribution in [3.8, 4) is 0 Å². The van der Waals surface area contributed by atoms with Gasteiger partial charge in [0.05, 0.1) is 0 Å². The van der Waals surface area contributed by atoms with E-state index in [9.17, 15) is 13.2 Å². The molecule has 64 heavy (non-hydrogen) atoms. The molecule has 0 amide bonds. The van der Waals surface area contributed by atoms with Crippen molar-refractivity contribution in [1.29, 1.82) is 0 Å². The zero-order valence-electron chi connectivity index (χ0n) is 40.9. The number of hydrogen-bond donors (Lipinski definition) is 0. The van der Waals surface area contributed by atoms with Crippen LogP contribution >= 0.6 is 0 Å². The first kappa shape index (κ1) is 53.9. The number of hydrogen-bond acceptors (Lipinski definition) is 13. The minimum absolute atomic E-state index is 0.0223. The number of halogens is 3. The van der Waals surface area contributed by atoms with Crippen molar-refractivity contribution < 1.29 is 66.0 Å². The summed E-state index contributed by atoms with van der Waals surface area (Å²) in [5.74, 6) is 4.10. The zero-order valence-corrected chi connectivity index (χ0v) is 51.0. The van der Waals surface area contributed by atoms with Gasteiger partial charge in [0.1, 0.15) is 0 Å². The molecule has 6 fully saturated rings. The van der Waals surface area contributed by atoms with E-state index in [1.165, 1.54) is 12.1 Å². The van der Waals surface area contributed by atoms with Crippen molar-refractivity contribution in [3.05, 3.63) is 40.3 Å². The molecular weight excluding hydrogens is 1030 g/mol. The molecule has 6 aliphatic rings. The molecule has 6 saturated heterocycles. The second-order valence-corrected chi connectivity index (χ2v) is 54.0. The predicted octanol–water partition coefficient (Wildman–Crippen LogP) is 11.3. The fraction of sp³-hybridized carbons (Fsp3) is 0.795. The summed E-state index contributed by atoms with van der Waals surface area (Å²) in [6.07, 6.45) is -2.66. The average molecular weight is 1110 g/mol. The molecule has 0 spiro atoms. The Morgan fingerprint density at radius 2 is 0.672 bits per heavy atom. The fourth-order valence-electron chi connectivity index (χ4n) is 9.08. The Bertz CT molecular complexity index is 1660. The number of benzene rings is 1. The second kappa shape index (κ2) is 19.3. The van der Waals surface area contributed by atoms with Crippen LogP contribution in [0.25, 0.3) is 6.08 Å². The summed E-state index contributed by atoms with van der Waals surface area (Å²) in [7, 11) is -33.6. The van der Waals surface area contributed by atoms with Crippen LogP contribution in [0.5, 0.6) is 0 Å². The molecule has 1 aromatic rings. The second-order valence-electron chi connectivity index (χ2n) is 21.9. The molecule has 13 nitrogen and oxygen atoms in total. The van der Waals surface area contributed by atoms with Crippen molar-refractivity contribution in [1.82, 2.24) is 0 Å². The van der Waals surface area contributed by atoms with Crippen LogP contribution in [0, 0.1) is 41.4 Å². The molecule has 0 aromatic heterocycles. The van der Waals surface area contributed by atoms with Crippen LogP contribution in [-0.4, -0.2) is 84.3 Å². The molecule has 8 bridgehead atoms. The van der Waals surface area contributed by atoms with Gasteiger partial charge in [-0.15, -0.1) is 0 Å². The molecule has 6 aliphatic heterocycles. The van der Waals surface area contributed by atoms with Gasteiger partial charge in [-0.05, 0) is 0 Å². The third-order valence-electron chi connectivity index (χ3n) is 10.6. The van der Waals surface area contributed by atoms with Gasteiger partial charge >= 0.3 is 395 Å². The van der Waals surface area contributed by atoms with E-state index in [0.29, 0.717) is 47.9 Å². The topological polar surface area (TPSA) is 120 Å². The Kier molecular flexibility index (Phi) is 16.2. The maximum absolute atomic E-state index is 13.5. The summed E-state index contributed by atoms with van der Waals surface area (Å²) in [6.45, 7) is 29.4. The van der Waals surface area contributed by atoms with E-state index in [-0.39, 0.29) is 41.4 Å². The molecule has 366 valence electrons. The van der Waals surface area contributed by atoms with Gasteiger partial charge in [-0.1, -0.05) is 0 Å². The van der Waals surface area contributed by atoms with Gasteiger partial charge in [0, 0.05) is 0 Å². The molecule has 0 aliphatic carbocycles. The van der Waals surface area contributed by atoms with Crippen LogP contribution in [0.15, 0.2) is 29.2 Å². The van der Waals surface area contributed by atoms with E-state index >= 15 is 0 Å². The van der Waals surface area contributed by atoms with Crippen LogP contribution in [0.3, 0.4) is 0 Å². The Hall–Kier alpha value is 0.508. The quantitative estimate of drug-likeness (QED) is 0.130. The SMILES string of the molecule is CC(C)C[Si]12O[Si]3(CC(C)C)O[Si]4(CC(C)C)O[Si](CC(C)C)(O1)O[Si]1(CC(C)C)O[Si](CC(C)C)(O2)O[Si](CC(C)C)(O3)O[Si]([O][Ge]([CH3])([CH3])/[CH]=C/c2ccc(C(F)(F)F)cc2)(O4)O1. The molecule has 0 atom stereocenters. The third kappa shape index (κ3) is 12.9. The first-order chi connectivity index (χ1) is 29.3. The summed E-state index contributed by atoms with van der Waals surface area (Å²) in [5.41, 5.74) is -0.142. The first-order valence-electron chi connectivity index (χ1n) is 23.3. The van der Waals surface area contributed by atoms with Crippen LogP contribution < -0.4 is 0 Å². The Morgan fingerprint density at radius 3 is 0.891 bits per heavy atom. The summed E-state index contributed by atoms with van der Waals surface area (Å²) in [6, 6.07) is 7.56. The molecule has 6 heterocycles. The van der Waals surface area contributed by atoms with Gasteiger partial charge < -0.3 is 0 Å². The molecule has 0 saturated carbocycles. The fourth-order valence-corrected chi connectivity index (χ4v) is 67.0. The zero-order chi connectivity index (χ0) is 47.6. The van der Waals surface area contributed by atoms with Gasteiger partial charge in [0.15, 0.2) is 0 Å². The van der Waals surface area contributed by atoms with E-state index in [1.807, 2.05) is 16.4 Å². The molecule has 0 N–H and O–H groups in total. The Labute approximate surface area is 392 Å². The van der Waals surface area contributed by atoms with Crippen molar-refractivity contribution in [2.24, 2.45) is 41.4 Å². The van der Waals surface area contributed by atoms with Crippen LogP contribution in [0.2, 0.25) is 53.8 Å². The van der Waals surface area contributed by atoms with Gasteiger partial charge in [-0.2, -0.15) is 0 Å². The van der Waals surface area contributed by atoms with Crippen LogP contribution in [0.4, 0.5) is 13.2 Å². The van der Waals surface area contributed by atoms with Gasteiger partial charge in [-0.3, -0.25) is 0 Å². The predicted molar refractivity (Wildman–Crippen MR) is 256 cm³/mol. The molecule has 0 unspecified atom stereocenters.